The Balaban J connectivity index is 3.46. The summed E-state index contributed by atoms with van der Waals surface area (Å²) in [5.74, 6) is -0.0764. The van der Waals surface area contributed by atoms with Crippen molar-refractivity contribution in [3.8, 4) is 0 Å². The van der Waals surface area contributed by atoms with E-state index >= 15 is 0 Å². The molecule has 0 saturated carbocycles. The maximum Gasteiger partial charge on any atom is 0.305 e. The van der Waals surface area contributed by atoms with Crippen molar-refractivity contribution < 1.29 is 24.5 Å². The molecule has 0 aromatic heterocycles. The van der Waals surface area contributed by atoms with E-state index in [0.29, 0.717) is 19.4 Å². The van der Waals surface area contributed by atoms with Crippen LogP contribution < -0.4 is 5.32 Å². The van der Waals surface area contributed by atoms with Gasteiger partial charge >= 0.3 is 5.97 Å². The lowest BCUT2D eigenvalue weighted by Gasteiger charge is -2.20. The lowest BCUT2D eigenvalue weighted by atomic mass is 10.0. The fraction of sp³-hybridized carbons (Fsp3) is 0.821. The van der Waals surface area contributed by atoms with E-state index in [2.05, 4.69) is 67.8 Å². The lowest BCUT2D eigenvalue weighted by Crippen LogP contribution is -2.45. The molecule has 0 aliphatic heterocycles. The van der Waals surface area contributed by atoms with Gasteiger partial charge in [0.15, 0.2) is 0 Å². The Morgan fingerprint density at radius 3 is 1.07 bits per heavy atom. The zero-order chi connectivity index (χ0) is 52.9. The van der Waals surface area contributed by atoms with E-state index in [4.69, 9.17) is 4.74 Å². The Hall–Kier alpha value is -2.44. The summed E-state index contributed by atoms with van der Waals surface area (Å²) in [6.07, 6.45) is 81.2. The molecule has 0 fully saturated rings. The molecule has 6 heteroatoms. The number of carbonyl (C=O) groups excluding carboxylic acids is 2. The zero-order valence-electron chi connectivity index (χ0n) is 48.6. The van der Waals surface area contributed by atoms with Crippen LogP contribution in [0, 0.1) is 0 Å². The smallest absolute Gasteiger partial charge is 0.305 e. The molecule has 0 aromatic rings. The molecule has 2 atom stereocenters. The van der Waals surface area contributed by atoms with Crippen molar-refractivity contribution in [3.05, 3.63) is 60.8 Å². The predicted octanol–water partition coefficient (Wildman–Crippen LogP) is 20.3. The number of esters is 1. The van der Waals surface area contributed by atoms with Gasteiger partial charge in [0.05, 0.1) is 25.4 Å². The van der Waals surface area contributed by atoms with Gasteiger partial charge in [0, 0.05) is 12.8 Å². The van der Waals surface area contributed by atoms with E-state index < -0.39 is 12.1 Å². The first-order valence-corrected chi connectivity index (χ1v) is 32.1. The molecular formula is C67H123NO5. The third-order valence-electron chi connectivity index (χ3n) is 14.5. The van der Waals surface area contributed by atoms with Gasteiger partial charge in [0.1, 0.15) is 0 Å². The molecule has 6 nitrogen and oxygen atoms in total. The van der Waals surface area contributed by atoms with Crippen molar-refractivity contribution in [3.63, 3.8) is 0 Å². The van der Waals surface area contributed by atoms with Crippen molar-refractivity contribution >= 4 is 11.9 Å². The molecule has 0 bridgehead atoms. The van der Waals surface area contributed by atoms with E-state index in [1.807, 2.05) is 6.08 Å². The quantitative estimate of drug-likeness (QED) is 0.0320. The average Bonchev–Trinajstić information content (AvgIpc) is 3.39. The van der Waals surface area contributed by atoms with Gasteiger partial charge in [0.2, 0.25) is 5.91 Å². The fourth-order valence-electron chi connectivity index (χ4n) is 9.58. The van der Waals surface area contributed by atoms with E-state index in [-0.39, 0.29) is 18.5 Å². The van der Waals surface area contributed by atoms with Crippen molar-refractivity contribution in [2.45, 2.75) is 341 Å². The van der Waals surface area contributed by atoms with Gasteiger partial charge in [-0.3, -0.25) is 9.59 Å². The third-order valence-corrected chi connectivity index (χ3v) is 14.5. The molecule has 0 saturated heterocycles. The van der Waals surface area contributed by atoms with Gasteiger partial charge in [0.25, 0.3) is 0 Å². The molecule has 0 heterocycles. The largest absolute Gasteiger partial charge is 0.466 e. The predicted molar refractivity (Wildman–Crippen MR) is 319 cm³/mol. The minimum absolute atomic E-state index is 0.00228. The van der Waals surface area contributed by atoms with Crippen molar-refractivity contribution in [1.82, 2.24) is 5.32 Å². The minimum Gasteiger partial charge on any atom is -0.466 e. The molecular weight excluding hydrogens is 899 g/mol. The Labute approximate surface area is 454 Å². The Morgan fingerprint density at radius 1 is 0.384 bits per heavy atom. The molecule has 0 radical (unpaired) electrons. The Morgan fingerprint density at radius 2 is 0.685 bits per heavy atom. The van der Waals surface area contributed by atoms with Gasteiger partial charge in [-0.2, -0.15) is 0 Å². The number of unbranched alkanes of at least 4 members (excludes halogenated alkanes) is 40. The van der Waals surface area contributed by atoms with Gasteiger partial charge in [-0.25, -0.2) is 0 Å². The summed E-state index contributed by atoms with van der Waals surface area (Å²) in [5.41, 5.74) is 0. The van der Waals surface area contributed by atoms with Crippen LogP contribution in [0.2, 0.25) is 0 Å². The molecule has 73 heavy (non-hydrogen) atoms. The second-order valence-corrected chi connectivity index (χ2v) is 21.7. The van der Waals surface area contributed by atoms with Crippen LogP contribution in [-0.2, 0) is 14.3 Å². The molecule has 1 amide bonds. The summed E-state index contributed by atoms with van der Waals surface area (Å²) in [6, 6.07) is -0.636. The molecule has 2 unspecified atom stereocenters. The monoisotopic (exact) mass is 1020 g/mol. The van der Waals surface area contributed by atoms with Crippen LogP contribution in [0.3, 0.4) is 0 Å². The number of amides is 1. The number of aliphatic hydroxyl groups excluding tert-OH is 2. The number of aliphatic hydroxyl groups is 2. The number of rotatable bonds is 59. The van der Waals surface area contributed by atoms with Gasteiger partial charge in [-0.1, -0.05) is 280 Å². The SMILES string of the molecule is CCCCC/C=C\C/C=C\CCCCCCCCCCCC(=O)OCCCCCCCCCCC/C=C\C/C=C\CCCCCCCCCC(=O)NC(CO)C(O)/C=C/CCCCCCCCCCCCCC. The fourth-order valence-corrected chi connectivity index (χ4v) is 9.58. The standard InChI is InChI=1S/C67H123NO5/c1-3-5-7-9-11-13-15-17-19-20-26-30-33-37-41-45-49-53-57-61-67(72)73-62-58-54-50-46-42-38-34-31-28-25-23-21-22-24-27-29-32-36-40-44-48-52-56-60-66(71)68-64(63-69)65(70)59-55-51-47-43-39-35-18-16-14-12-10-8-6-4-2/h11,13,17,19,21,23-24,27,55,59,64-65,69-70H,3-10,12,14-16,18,20,22,25-26,28-54,56-58,60-63H2,1-2H3,(H,68,71)/b13-11-,19-17-,23-21-,27-24-,59-55+. The second-order valence-electron chi connectivity index (χ2n) is 21.7. The van der Waals surface area contributed by atoms with Gasteiger partial charge < -0.3 is 20.3 Å². The highest BCUT2D eigenvalue weighted by Crippen LogP contribution is 2.16. The molecule has 0 spiro atoms. The number of nitrogens with one attached hydrogen (secondary N) is 1. The molecule has 0 aliphatic rings. The van der Waals surface area contributed by atoms with Crippen LogP contribution in [0.4, 0.5) is 0 Å². The topological polar surface area (TPSA) is 95.9 Å². The summed E-state index contributed by atoms with van der Waals surface area (Å²) in [6.45, 7) is 4.87. The first kappa shape index (κ1) is 70.6. The van der Waals surface area contributed by atoms with Crippen LogP contribution >= 0.6 is 0 Å². The molecule has 3 N–H and O–H groups in total. The highest BCUT2D eigenvalue weighted by atomic mass is 16.5. The highest BCUT2D eigenvalue weighted by molar-refractivity contribution is 5.76. The minimum atomic E-state index is -0.852. The number of allylic oxidation sites excluding steroid dienone is 9. The second kappa shape index (κ2) is 62.1. The summed E-state index contributed by atoms with van der Waals surface area (Å²) >= 11 is 0. The number of ether oxygens (including phenoxy) is 1. The van der Waals surface area contributed by atoms with Gasteiger partial charge in [-0.05, 0) is 96.3 Å². The van der Waals surface area contributed by atoms with Crippen molar-refractivity contribution in [2.75, 3.05) is 13.2 Å². The van der Waals surface area contributed by atoms with E-state index in [1.165, 1.54) is 231 Å². The first-order chi connectivity index (χ1) is 36.0. The van der Waals surface area contributed by atoms with E-state index in [1.54, 1.807) is 6.08 Å². The molecule has 0 aromatic carbocycles. The summed E-state index contributed by atoms with van der Waals surface area (Å²) < 4.78 is 5.49. The maximum absolute atomic E-state index is 12.5. The van der Waals surface area contributed by atoms with Crippen LogP contribution in [0.15, 0.2) is 60.8 Å². The zero-order valence-corrected chi connectivity index (χ0v) is 48.6. The molecule has 426 valence electrons. The summed E-state index contributed by atoms with van der Waals surface area (Å²) in [7, 11) is 0. The maximum atomic E-state index is 12.5. The Bertz CT molecular complexity index is 1270. The molecule has 0 rings (SSSR count). The van der Waals surface area contributed by atoms with E-state index in [9.17, 15) is 19.8 Å². The summed E-state index contributed by atoms with van der Waals surface area (Å²) in [4.78, 5) is 24.6. The lowest BCUT2D eigenvalue weighted by molar-refractivity contribution is -0.143. The first-order valence-electron chi connectivity index (χ1n) is 32.1. The molecule has 0 aliphatic carbocycles. The summed E-state index contributed by atoms with van der Waals surface area (Å²) in [5, 5.41) is 23.1. The van der Waals surface area contributed by atoms with Gasteiger partial charge in [-0.15, -0.1) is 0 Å². The van der Waals surface area contributed by atoms with Crippen molar-refractivity contribution in [2.24, 2.45) is 0 Å². The normalized spacial score (nSPS) is 13.0. The number of carbonyl (C=O) groups is 2. The van der Waals surface area contributed by atoms with Crippen LogP contribution in [-0.4, -0.2) is 47.4 Å². The Kier molecular flexibility index (Phi) is 60.0. The van der Waals surface area contributed by atoms with E-state index in [0.717, 1.165) is 70.6 Å². The van der Waals surface area contributed by atoms with Crippen molar-refractivity contribution in [1.29, 1.82) is 0 Å². The van der Waals surface area contributed by atoms with Crippen LogP contribution in [0.5, 0.6) is 0 Å². The average molecular weight is 1020 g/mol. The number of hydrogen-bond donors (Lipinski definition) is 3. The highest BCUT2D eigenvalue weighted by Gasteiger charge is 2.18. The van der Waals surface area contributed by atoms with Crippen LogP contribution in [0.1, 0.15) is 328 Å². The third kappa shape index (κ3) is 58.7. The van der Waals surface area contributed by atoms with Crippen LogP contribution in [0.25, 0.3) is 0 Å². The number of hydrogen-bond acceptors (Lipinski definition) is 5.